The van der Waals surface area contributed by atoms with Gasteiger partial charge in [0.2, 0.25) is 0 Å². The minimum absolute atomic E-state index is 0.321. The zero-order chi connectivity index (χ0) is 89.2. The number of nitrogens with zero attached hydrogens (tertiary/aromatic N) is 2. The lowest BCUT2D eigenvalue weighted by Crippen LogP contribution is -2.22. The van der Waals surface area contributed by atoms with Crippen LogP contribution in [0.1, 0.15) is 47.2 Å². The van der Waals surface area contributed by atoms with Crippen LogP contribution in [0.5, 0.6) is 0 Å². The van der Waals surface area contributed by atoms with E-state index in [2.05, 4.69) is 545 Å². The zero-order valence-corrected chi connectivity index (χ0v) is 74.5. The van der Waals surface area contributed by atoms with E-state index in [1.54, 1.807) is 0 Å². The summed E-state index contributed by atoms with van der Waals surface area (Å²) in [4.78, 5) is 4.83. The van der Waals surface area contributed by atoms with Crippen LogP contribution in [0, 0.1) is 0 Å². The van der Waals surface area contributed by atoms with E-state index in [0.717, 1.165) is 84.2 Å². The highest BCUT2D eigenvalue weighted by Crippen LogP contribution is 2.58. The molecule has 0 saturated heterocycles. The first-order chi connectivity index (χ1) is 66.1. The minimum atomic E-state index is -0.456. The second-order valence-corrected chi connectivity index (χ2v) is 36.1. The molecule has 0 N–H and O–H groups in total. The molecule has 0 aromatic heterocycles. The highest BCUT2D eigenvalue weighted by atomic mass is 15.1. The van der Waals surface area contributed by atoms with E-state index in [1.165, 1.54) is 150 Å². The molecule has 2 heteroatoms. The Bertz CT molecular complexity index is 8200. The first-order valence-electron chi connectivity index (χ1n) is 46.5. The smallest absolute Gasteiger partial charge is 0.0467 e. The molecule has 0 aliphatic heterocycles. The molecule has 0 spiro atoms. The number of benzene rings is 22. The third-order valence-electron chi connectivity index (χ3n) is 28.5. The monoisotopic (exact) mass is 1700 g/mol. The lowest BCUT2D eigenvalue weighted by molar-refractivity contribution is 0.714. The summed E-state index contributed by atoms with van der Waals surface area (Å²) < 4.78 is 0. The van der Waals surface area contributed by atoms with Crippen molar-refractivity contribution in [3.05, 3.63) is 555 Å². The van der Waals surface area contributed by atoms with Crippen molar-refractivity contribution in [1.82, 2.24) is 0 Å². The summed E-state index contributed by atoms with van der Waals surface area (Å²) in [5, 5.41) is 4.98. The van der Waals surface area contributed by atoms with Crippen LogP contribution in [0.2, 0.25) is 0 Å². The second-order valence-electron chi connectivity index (χ2n) is 36.1. The van der Waals surface area contributed by atoms with Crippen molar-refractivity contribution in [2.45, 2.75) is 24.7 Å². The fourth-order valence-electron chi connectivity index (χ4n) is 21.5. The Balaban J connectivity index is 0.531. The van der Waals surface area contributed by atoms with E-state index in [4.69, 9.17) is 0 Å². The van der Waals surface area contributed by atoms with Crippen LogP contribution >= 0.6 is 0 Å². The van der Waals surface area contributed by atoms with Crippen LogP contribution in [0.25, 0.3) is 166 Å². The van der Waals surface area contributed by atoms with Crippen molar-refractivity contribution >= 4 is 55.7 Å². The normalized spacial score (nSPS) is 14.0. The van der Waals surface area contributed by atoms with Gasteiger partial charge in [-0.3, -0.25) is 0 Å². The molecule has 2 aliphatic carbocycles. The summed E-state index contributed by atoms with van der Waals surface area (Å²) in [6.07, 6.45) is 0. The van der Waals surface area contributed by atoms with Gasteiger partial charge in [0.05, 0.1) is 0 Å². The van der Waals surface area contributed by atoms with E-state index in [-0.39, 0.29) is 5.41 Å². The van der Waals surface area contributed by atoms with Gasteiger partial charge in [0.1, 0.15) is 0 Å². The SMILES string of the molecule is CC1(c2ccccc2)c2ccccc2-c2c(-c3cccc(N(c4ccc(-c5ccc(-c6ccc7ccccc7c6)cc5)cc4)c4ccc(-c5ccccc5-c5cccc(-c6ccc(C7(C)c8ccccc8-c8c(-c9cccc(N(c%10ccc(-c%11ccc(-c%12ccc%13ccccc%13c%12)cc%11)cc%10)c%10ccc(-c%11cccc(-c%12ccccc%12)c%11)cc%10)c9)cccc87)cc6)c5)cc4)c3)cccc21. The van der Waals surface area contributed by atoms with Crippen LogP contribution in [-0.2, 0) is 10.8 Å². The molecule has 2 nitrogen and oxygen atoms in total. The fraction of sp³-hybridized carbons (Fsp3) is 0.0303. The predicted molar refractivity (Wildman–Crippen MR) is 565 cm³/mol. The van der Waals surface area contributed by atoms with Gasteiger partial charge in [-0.2, -0.15) is 0 Å². The molecular weight excluding hydrogens is 1610 g/mol. The maximum absolute atomic E-state index is 2.43. The summed E-state index contributed by atoms with van der Waals surface area (Å²) in [6.45, 7) is 4.83. The molecule has 24 rings (SSSR count). The second kappa shape index (κ2) is 33.8. The first kappa shape index (κ1) is 80.3. The van der Waals surface area contributed by atoms with E-state index < -0.39 is 5.41 Å². The molecule has 2 atom stereocenters. The Labute approximate surface area is 784 Å². The van der Waals surface area contributed by atoms with Gasteiger partial charge in [-0.25, -0.2) is 0 Å². The number of hydrogen-bond donors (Lipinski definition) is 0. The van der Waals surface area contributed by atoms with Crippen LogP contribution in [0.15, 0.2) is 522 Å². The van der Waals surface area contributed by atoms with Gasteiger partial charge in [0.15, 0.2) is 0 Å². The molecular formula is C132H92N2. The highest BCUT2D eigenvalue weighted by molar-refractivity contribution is 5.99. The standard InChI is InChI=1S/C132H92N2/c1-131(111-37-7-4-8-38-111)125-47-17-15-43-123(125)129-121(45-23-49-127(129)131)109-35-22-40-118(88-109)134(114-77-67-95(68-78-114)93-53-57-97(58-54-93)107-62-60-91-28-10-12-30-102(91)85-107)116-81-71-100(72-82-116)119-41-13-14-42-120(119)108-34-20-33-105(86-108)98-63-73-112(74-64-98)132(2)126-48-18-16-44-124(126)130-122(46-24-50-128(130)132)110-36-21-39-117(87-110)133(115-79-69-99(70-80-115)104-32-19-31-103(83-104)89-25-5-3-6-26-89)113-75-65-94(66-76-113)92-51-55-96(56-52-92)106-61-59-90-27-9-11-29-101(90)84-106/h3-88H,1-2H3. The lowest BCUT2D eigenvalue weighted by Gasteiger charge is -2.29. The molecule has 2 unspecified atom stereocenters. The Kier molecular flexibility index (Phi) is 20.2. The predicted octanol–water partition coefficient (Wildman–Crippen LogP) is 35.9. The number of fused-ring (bicyclic) bond motifs is 8. The van der Waals surface area contributed by atoms with Gasteiger partial charge in [-0.15, -0.1) is 0 Å². The maximum Gasteiger partial charge on any atom is 0.0467 e. The van der Waals surface area contributed by atoms with Gasteiger partial charge in [-0.05, 0) is 310 Å². The quantitative estimate of drug-likeness (QED) is 0.0796. The molecule has 0 saturated carbocycles. The first-order valence-corrected chi connectivity index (χ1v) is 46.5. The van der Waals surface area contributed by atoms with Crippen molar-refractivity contribution in [1.29, 1.82) is 0 Å². The van der Waals surface area contributed by atoms with Crippen molar-refractivity contribution in [3.63, 3.8) is 0 Å². The Morgan fingerprint density at radius 3 is 0.799 bits per heavy atom. The summed E-state index contributed by atoms with van der Waals surface area (Å²) in [7, 11) is 0. The van der Waals surface area contributed by atoms with Crippen molar-refractivity contribution in [2.75, 3.05) is 9.80 Å². The van der Waals surface area contributed by atoms with Crippen molar-refractivity contribution in [3.8, 4) is 145 Å². The molecule has 22 aromatic rings. The van der Waals surface area contributed by atoms with Crippen LogP contribution in [0.4, 0.5) is 34.1 Å². The Hall–Kier alpha value is -17.0. The topological polar surface area (TPSA) is 6.48 Å². The highest BCUT2D eigenvalue weighted by Gasteiger charge is 2.44. The summed E-state index contributed by atoms with van der Waals surface area (Å²) >= 11 is 0. The van der Waals surface area contributed by atoms with Gasteiger partial charge < -0.3 is 9.80 Å². The average Bonchev–Trinajstić information content (AvgIpc) is 1.55. The fourth-order valence-corrected chi connectivity index (χ4v) is 21.5. The molecule has 0 radical (unpaired) electrons. The molecule has 22 aromatic carbocycles. The van der Waals surface area contributed by atoms with Crippen LogP contribution in [-0.4, -0.2) is 0 Å². The number of hydrogen-bond acceptors (Lipinski definition) is 2. The van der Waals surface area contributed by atoms with Gasteiger partial charge in [0.25, 0.3) is 0 Å². The van der Waals surface area contributed by atoms with Gasteiger partial charge in [-0.1, -0.05) is 425 Å². The molecule has 630 valence electrons. The summed E-state index contributed by atoms with van der Waals surface area (Å²) in [5.41, 5.74) is 44.4. The molecule has 134 heavy (non-hydrogen) atoms. The van der Waals surface area contributed by atoms with Crippen LogP contribution < -0.4 is 9.80 Å². The largest absolute Gasteiger partial charge is 0.310 e. The van der Waals surface area contributed by atoms with E-state index in [0.29, 0.717) is 0 Å². The van der Waals surface area contributed by atoms with Crippen LogP contribution in [0.3, 0.4) is 0 Å². The zero-order valence-electron chi connectivity index (χ0n) is 74.5. The lowest BCUT2D eigenvalue weighted by atomic mass is 9.74. The third kappa shape index (κ3) is 14.4. The third-order valence-corrected chi connectivity index (χ3v) is 28.5. The molecule has 0 fully saturated rings. The summed E-state index contributed by atoms with van der Waals surface area (Å²) in [6, 6.07) is 193. The number of rotatable bonds is 19. The van der Waals surface area contributed by atoms with E-state index in [1.807, 2.05) is 0 Å². The molecule has 0 heterocycles. The van der Waals surface area contributed by atoms with E-state index >= 15 is 0 Å². The van der Waals surface area contributed by atoms with Crippen molar-refractivity contribution in [2.24, 2.45) is 0 Å². The van der Waals surface area contributed by atoms with E-state index in [9.17, 15) is 0 Å². The number of anilines is 6. The van der Waals surface area contributed by atoms with Crippen molar-refractivity contribution < 1.29 is 0 Å². The Morgan fingerprint density at radius 2 is 0.381 bits per heavy atom. The average molecular weight is 1710 g/mol. The summed E-state index contributed by atoms with van der Waals surface area (Å²) in [5.74, 6) is 0. The van der Waals surface area contributed by atoms with Gasteiger partial charge >= 0.3 is 0 Å². The van der Waals surface area contributed by atoms with Gasteiger partial charge in [0, 0.05) is 45.0 Å². The molecule has 0 amide bonds. The molecule has 0 bridgehead atoms. The Morgan fingerprint density at radius 1 is 0.134 bits per heavy atom. The minimum Gasteiger partial charge on any atom is -0.310 e. The molecule has 2 aliphatic rings. The maximum atomic E-state index is 2.43.